The van der Waals surface area contributed by atoms with Crippen LogP contribution < -0.4 is 0 Å². The zero-order chi connectivity index (χ0) is 47.8. The van der Waals surface area contributed by atoms with Crippen LogP contribution in [0.25, 0.3) is 128 Å². The Labute approximate surface area is 418 Å². The number of rotatable bonds is 5. The number of para-hydroxylation sites is 4. The highest BCUT2D eigenvalue weighted by Crippen LogP contribution is 2.63. The number of furan rings is 1. The molecule has 2 aliphatic rings. The van der Waals surface area contributed by atoms with Crippen LogP contribution in [0.3, 0.4) is 0 Å². The molecule has 4 aromatic heterocycles. The molecule has 16 rings (SSSR count). The van der Waals surface area contributed by atoms with Crippen molar-refractivity contribution in [3.8, 4) is 73.6 Å². The second-order valence-corrected chi connectivity index (χ2v) is 19.0. The number of fused-ring (bicyclic) bond motifs is 16. The van der Waals surface area contributed by atoms with E-state index >= 15 is 0 Å². The van der Waals surface area contributed by atoms with Crippen LogP contribution in [-0.4, -0.2) is 29.5 Å². The molecule has 7 heteroatoms. The first-order valence-corrected chi connectivity index (χ1v) is 24.7. The van der Waals surface area contributed by atoms with Crippen molar-refractivity contribution in [2.24, 2.45) is 0 Å². The van der Waals surface area contributed by atoms with E-state index in [9.17, 15) is 0 Å². The van der Waals surface area contributed by atoms with Crippen molar-refractivity contribution in [2.45, 2.75) is 5.41 Å². The van der Waals surface area contributed by atoms with Crippen molar-refractivity contribution < 1.29 is 4.42 Å². The Kier molecular flexibility index (Phi) is 8.25. The number of hydrogen-bond acceptors (Lipinski definition) is 6. The minimum Gasteiger partial charge on any atom is -0.452 e. The SMILES string of the molecule is c1ccc(-c2nc(-c3ccccc3)nc(-c3cccc4c3-c3cc(-c5nc(-c6cccc7ccccc67)c6oc7ccccc7c6n5)ccc3C43c4ccccc4-n4c5ccccc5c5cccc3c54)n2)cc1. The van der Waals surface area contributed by atoms with E-state index in [1.54, 1.807) is 0 Å². The molecule has 0 saturated carbocycles. The average Bonchev–Trinajstić information content (AvgIpc) is 4.12. The maximum Gasteiger partial charge on any atom is 0.180 e. The van der Waals surface area contributed by atoms with Crippen molar-refractivity contribution in [1.29, 1.82) is 0 Å². The minimum atomic E-state index is -0.739. The normalized spacial score (nSPS) is 14.4. The molecule has 0 bridgehead atoms. The first-order valence-electron chi connectivity index (χ1n) is 24.7. The van der Waals surface area contributed by atoms with Crippen LogP contribution in [0.5, 0.6) is 0 Å². The van der Waals surface area contributed by atoms with Gasteiger partial charge in [0.15, 0.2) is 28.9 Å². The average molecular weight is 931 g/mol. The topological polar surface area (TPSA) is 82.5 Å². The molecule has 5 heterocycles. The molecule has 1 atom stereocenters. The Morgan fingerprint density at radius 3 is 1.81 bits per heavy atom. The summed E-state index contributed by atoms with van der Waals surface area (Å²) in [4.78, 5) is 26.8. The van der Waals surface area contributed by atoms with Gasteiger partial charge in [0.25, 0.3) is 0 Å². The predicted molar refractivity (Wildman–Crippen MR) is 293 cm³/mol. The predicted octanol–water partition coefficient (Wildman–Crippen LogP) is 15.8. The van der Waals surface area contributed by atoms with Crippen LogP contribution in [0.4, 0.5) is 0 Å². The molecule has 1 unspecified atom stereocenters. The van der Waals surface area contributed by atoms with E-state index in [1.807, 2.05) is 54.6 Å². The summed E-state index contributed by atoms with van der Waals surface area (Å²) in [5.74, 6) is 2.41. The summed E-state index contributed by atoms with van der Waals surface area (Å²) in [5, 5.41) is 5.60. The van der Waals surface area contributed by atoms with Crippen LogP contribution in [-0.2, 0) is 5.41 Å². The monoisotopic (exact) mass is 930 g/mol. The Hall–Kier alpha value is -9.85. The molecular formula is C66H38N6O. The lowest BCUT2D eigenvalue weighted by molar-refractivity contribution is 0.667. The van der Waals surface area contributed by atoms with Gasteiger partial charge in [0.2, 0.25) is 0 Å². The van der Waals surface area contributed by atoms with Gasteiger partial charge in [-0.15, -0.1) is 0 Å². The van der Waals surface area contributed by atoms with Gasteiger partial charge in [-0.05, 0) is 74.5 Å². The smallest absolute Gasteiger partial charge is 0.180 e. The fourth-order valence-electron chi connectivity index (χ4n) is 12.2. The molecule has 1 spiro atoms. The van der Waals surface area contributed by atoms with E-state index in [4.69, 9.17) is 29.3 Å². The highest BCUT2D eigenvalue weighted by molar-refractivity contribution is 6.14. The van der Waals surface area contributed by atoms with E-state index in [0.717, 1.165) is 83.1 Å². The summed E-state index contributed by atoms with van der Waals surface area (Å²) in [6, 6.07) is 81.5. The third-order valence-corrected chi connectivity index (χ3v) is 15.3. The van der Waals surface area contributed by atoms with Gasteiger partial charge in [-0.2, -0.15) is 0 Å². The summed E-state index contributed by atoms with van der Waals surface area (Å²) >= 11 is 0. The summed E-state index contributed by atoms with van der Waals surface area (Å²) in [6.45, 7) is 0. The third-order valence-electron chi connectivity index (χ3n) is 15.3. The molecule has 10 aromatic carbocycles. The molecular weight excluding hydrogens is 893 g/mol. The lowest BCUT2D eigenvalue weighted by Crippen LogP contribution is -2.33. The van der Waals surface area contributed by atoms with E-state index < -0.39 is 5.41 Å². The van der Waals surface area contributed by atoms with Crippen LogP contribution >= 0.6 is 0 Å². The van der Waals surface area contributed by atoms with Crippen molar-refractivity contribution >= 4 is 54.6 Å². The zero-order valence-electron chi connectivity index (χ0n) is 39.0. The van der Waals surface area contributed by atoms with E-state index in [-0.39, 0.29) is 0 Å². The first-order chi connectivity index (χ1) is 36.2. The van der Waals surface area contributed by atoms with Gasteiger partial charge < -0.3 is 8.98 Å². The Bertz CT molecular complexity index is 4570. The van der Waals surface area contributed by atoms with Crippen molar-refractivity contribution in [3.05, 3.63) is 253 Å². The largest absolute Gasteiger partial charge is 0.452 e. The highest BCUT2D eigenvalue weighted by atomic mass is 16.3. The van der Waals surface area contributed by atoms with Crippen LogP contribution in [0.2, 0.25) is 0 Å². The van der Waals surface area contributed by atoms with Gasteiger partial charge in [-0.25, -0.2) is 24.9 Å². The van der Waals surface area contributed by atoms with Crippen LogP contribution in [0.15, 0.2) is 235 Å². The third kappa shape index (κ3) is 5.56. The van der Waals surface area contributed by atoms with Crippen LogP contribution in [0, 0.1) is 0 Å². The second kappa shape index (κ2) is 15.1. The van der Waals surface area contributed by atoms with Gasteiger partial charge in [0.1, 0.15) is 16.8 Å². The zero-order valence-corrected chi connectivity index (χ0v) is 39.0. The molecule has 0 fully saturated rings. The molecule has 338 valence electrons. The van der Waals surface area contributed by atoms with E-state index in [0.29, 0.717) is 28.9 Å². The number of hydrogen-bond donors (Lipinski definition) is 0. The lowest BCUT2D eigenvalue weighted by Gasteiger charge is -2.39. The maximum atomic E-state index is 6.69. The summed E-state index contributed by atoms with van der Waals surface area (Å²) in [6.07, 6.45) is 0. The van der Waals surface area contributed by atoms with E-state index in [2.05, 4.69) is 180 Å². The van der Waals surface area contributed by atoms with Gasteiger partial charge in [-0.1, -0.05) is 200 Å². The summed E-state index contributed by atoms with van der Waals surface area (Å²) in [7, 11) is 0. The molecule has 0 N–H and O–H groups in total. The Balaban J connectivity index is 1.02. The van der Waals surface area contributed by atoms with Gasteiger partial charge >= 0.3 is 0 Å². The molecule has 73 heavy (non-hydrogen) atoms. The van der Waals surface area contributed by atoms with Crippen molar-refractivity contribution in [2.75, 3.05) is 0 Å². The Morgan fingerprint density at radius 2 is 0.973 bits per heavy atom. The van der Waals surface area contributed by atoms with Crippen molar-refractivity contribution in [3.63, 3.8) is 0 Å². The number of benzene rings is 10. The molecule has 1 aliphatic heterocycles. The minimum absolute atomic E-state index is 0.593. The first kappa shape index (κ1) is 39.9. The second-order valence-electron chi connectivity index (χ2n) is 19.0. The molecule has 1 aliphatic carbocycles. The maximum absolute atomic E-state index is 6.69. The van der Waals surface area contributed by atoms with Crippen LogP contribution in [0.1, 0.15) is 22.3 Å². The van der Waals surface area contributed by atoms with E-state index in [1.165, 1.54) is 38.5 Å². The molecule has 0 radical (unpaired) electrons. The molecule has 0 saturated heterocycles. The fourth-order valence-corrected chi connectivity index (χ4v) is 12.2. The molecule has 7 nitrogen and oxygen atoms in total. The van der Waals surface area contributed by atoms with Gasteiger partial charge in [0, 0.05) is 44.0 Å². The van der Waals surface area contributed by atoms with Gasteiger partial charge in [0.05, 0.1) is 22.1 Å². The number of nitrogens with zero attached hydrogens (tertiary/aromatic N) is 6. The Morgan fingerprint density at radius 1 is 0.370 bits per heavy atom. The lowest BCUT2D eigenvalue weighted by atomic mass is 9.65. The highest BCUT2D eigenvalue weighted by Gasteiger charge is 2.51. The summed E-state index contributed by atoms with van der Waals surface area (Å²) < 4.78 is 9.17. The van der Waals surface area contributed by atoms with Gasteiger partial charge in [-0.3, -0.25) is 0 Å². The number of aromatic nitrogens is 6. The van der Waals surface area contributed by atoms with Crippen molar-refractivity contribution in [1.82, 2.24) is 29.5 Å². The summed E-state index contributed by atoms with van der Waals surface area (Å²) in [5.41, 5.74) is 17.2. The quantitative estimate of drug-likeness (QED) is 0.171. The molecule has 0 amide bonds. The fraction of sp³-hybridized carbons (Fsp3) is 0.0152. The standard InChI is InChI=1S/C66H38N6O/c1-3-19-40(20-4-1)62-69-63(41-21-5-2-6-22-41)71-65(70-62)48-29-17-31-52-57(48)49-38-42(64-67-58(45-27-15-23-39-18-7-8-24-43(39)45)61-59(68-64)47-26-10-14-35-56(47)73-61)36-37-50(49)66(52)51-30-11-13-34-55(51)72-54-33-12-9-25-44(54)46-28-16-32-53(66)60(46)72/h1-38H. The molecule has 14 aromatic rings.